The van der Waals surface area contributed by atoms with E-state index in [-0.39, 0.29) is 30.8 Å². The Hall–Kier alpha value is -2.63. The van der Waals surface area contributed by atoms with Gasteiger partial charge < -0.3 is 10.2 Å². The van der Waals surface area contributed by atoms with Gasteiger partial charge in [0.25, 0.3) is 0 Å². The van der Waals surface area contributed by atoms with E-state index in [2.05, 4.69) is 10.4 Å². The second kappa shape index (κ2) is 8.84. The van der Waals surface area contributed by atoms with Crippen LogP contribution in [0.4, 0.5) is 0 Å². The van der Waals surface area contributed by atoms with Crippen LogP contribution in [0, 0.1) is 13.8 Å². The summed E-state index contributed by atoms with van der Waals surface area (Å²) in [6.07, 6.45) is 3.15. The first-order valence-electron chi connectivity index (χ1n) is 9.67. The topological polar surface area (TPSA) is 67.2 Å². The van der Waals surface area contributed by atoms with Crippen LogP contribution in [0.15, 0.2) is 36.4 Å². The van der Waals surface area contributed by atoms with E-state index in [1.807, 2.05) is 55.1 Å². The third-order valence-electron chi connectivity index (χ3n) is 5.05. The second-order valence-corrected chi connectivity index (χ2v) is 7.21. The number of hydrogen-bond donors (Lipinski definition) is 1. The van der Waals surface area contributed by atoms with Crippen LogP contribution in [0.2, 0.25) is 0 Å². The maximum Gasteiger partial charge on any atom is 0.244 e. The highest BCUT2D eigenvalue weighted by atomic mass is 16.2. The highest BCUT2D eigenvalue weighted by molar-refractivity contribution is 5.80. The monoisotopic (exact) mass is 368 g/mol. The van der Waals surface area contributed by atoms with Crippen LogP contribution in [0.25, 0.3) is 0 Å². The summed E-state index contributed by atoms with van der Waals surface area (Å²) in [7, 11) is 0. The maximum absolute atomic E-state index is 13.2. The highest BCUT2D eigenvalue weighted by Crippen LogP contribution is 2.26. The quantitative estimate of drug-likeness (QED) is 0.906. The van der Waals surface area contributed by atoms with Crippen molar-refractivity contribution in [1.29, 1.82) is 0 Å². The van der Waals surface area contributed by atoms with Crippen LogP contribution in [-0.2, 0) is 16.1 Å². The van der Waals surface area contributed by atoms with Crippen molar-refractivity contribution in [1.82, 2.24) is 20.0 Å². The standard InChI is InChI=1S/C21H28N4O2/c1-16-13-17(2)25(23-16)15-21(27)24-12-8-4-7-11-22-20(26)14-19(24)18-9-5-3-6-10-18/h3,5-6,9-10,13,19H,4,7-8,11-12,14-15H2,1-2H3,(H,22,26). The van der Waals surface area contributed by atoms with E-state index in [0.29, 0.717) is 13.1 Å². The van der Waals surface area contributed by atoms with Gasteiger partial charge >= 0.3 is 0 Å². The summed E-state index contributed by atoms with van der Waals surface area (Å²) in [6, 6.07) is 11.6. The van der Waals surface area contributed by atoms with E-state index in [9.17, 15) is 9.59 Å². The van der Waals surface area contributed by atoms with Gasteiger partial charge in [-0.05, 0) is 44.7 Å². The first-order chi connectivity index (χ1) is 13.0. The lowest BCUT2D eigenvalue weighted by Crippen LogP contribution is -2.41. The minimum Gasteiger partial charge on any atom is -0.356 e. The number of carbonyl (C=O) groups is 2. The molecule has 0 saturated carbocycles. The Kier molecular flexibility index (Phi) is 6.27. The number of carbonyl (C=O) groups excluding carboxylic acids is 2. The molecule has 144 valence electrons. The van der Waals surface area contributed by atoms with Crippen LogP contribution in [0.1, 0.15) is 48.7 Å². The van der Waals surface area contributed by atoms with Gasteiger partial charge in [0.2, 0.25) is 11.8 Å². The molecular formula is C21H28N4O2. The molecule has 6 nitrogen and oxygen atoms in total. The van der Waals surface area contributed by atoms with Crippen molar-refractivity contribution in [2.75, 3.05) is 13.1 Å². The number of aryl methyl sites for hydroxylation is 2. The average Bonchev–Trinajstić information content (AvgIpc) is 2.97. The van der Waals surface area contributed by atoms with Crippen molar-refractivity contribution in [3.05, 3.63) is 53.3 Å². The number of nitrogens with zero attached hydrogens (tertiary/aromatic N) is 3. The summed E-state index contributed by atoms with van der Waals surface area (Å²) in [5.74, 6) is -0.00177. The van der Waals surface area contributed by atoms with E-state index in [4.69, 9.17) is 0 Å². The predicted octanol–water partition coefficient (Wildman–Crippen LogP) is 2.76. The van der Waals surface area contributed by atoms with Crippen molar-refractivity contribution < 1.29 is 9.59 Å². The number of rotatable bonds is 3. The van der Waals surface area contributed by atoms with Gasteiger partial charge in [-0.3, -0.25) is 14.3 Å². The Bertz CT molecular complexity index is 785. The number of benzene rings is 1. The molecule has 1 aromatic carbocycles. The largest absolute Gasteiger partial charge is 0.356 e. The minimum absolute atomic E-state index is 0.00317. The lowest BCUT2D eigenvalue weighted by Gasteiger charge is -2.33. The molecule has 0 aliphatic carbocycles. The van der Waals surface area contributed by atoms with Gasteiger partial charge in [0.1, 0.15) is 6.54 Å². The molecular weight excluding hydrogens is 340 g/mol. The van der Waals surface area contributed by atoms with Gasteiger partial charge in [0.15, 0.2) is 0 Å². The smallest absolute Gasteiger partial charge is 0.244 e. The van der Waals surface area contributed by atoms with Crippen molar-refractivity contribution in [2.24, 2.45) is 0 Å². The molecule has 0 spiro atoms. The number of hydrogen-bond acceptors (Lipinski definition) is 3. The fourth-order valence-electron chi connectivity index (χ4n) is 3.65. The molecule has 2 heterocycles. The summed E-state index contributed by atoms with van der Waals surface area (Å²) in [6.45, 7) is 5.45. The minimum atomic E-state index is -0.256. The van der Waals surface area contributed by atoms with Crippen LogP contribution >= 0.6 is 0 Å². The number of amides is 2. The van der Waals surface area contributed by atoms with E-state index in [1.54, 1.807) is 4.68 Å². The van der Waals surface area contributed by atoms with Gasteiger partial charge in [-0.15, -0.1) is 0 Å². The molecule has 1 saturated heterocycles. The van der Waals surface area contributed by atoms with Crippen molar-refractivity contribution in [3.8, 4) is 0 Å². The Balaban J connectivity index is 1.88. The average molecular weight is 368 g/mol. The first-order valence-corrected chi connectivity index (χ1v) is 9.67. The van der Waals surface area contributed by atoms with Crippen LogP contribution in [-0.4, -0.2) is 39.6 Å². The van der Waals surface area contributed by atoms with Crippen molar-refractivity contribution in [3.63, 3.8) is 0 Å². The van der Waals surface area contributed by atoms with Gasteiger partial charge in [-0.25, -0.2) is 0 Å². The van der Waals surface area contributed by atoms with Gasteiger partial charge in [-0.1, -0.05) is 30.3 Å². The SMILES string of the molecule is Cc1cc(C)n(CC(=O)N2CCCCCNC(=O)CC2c2ccccc2)n1. The van der Waals surface area contributed by atoms with Crippen molar-refractivity contribution >= 4 is 11.8 Å². The second-order valence-electron chi connectivity index (χ2n) is 7.21. The summed E-state index contributed by atoms with van der Waals surface area (Å²) >= 11 is 0. The zero-order valence-corrected chi connectivity index (χ0v) is 16.1. The van der Waals surface area contributed by atoms with E-state index in [1.165, 1.54) is 0 Å². The molecule has 1 aromatic heterocycles. The molecule has 1 fully saturated rings. The maximum atomic E-state index is 13.2. The molecule has 6 heteroatoms. The molecule has 2 aromatic rings. The fraction of sp³-hybridized carbons (Fsp3) is 0.476. The Labute approximate surface area is 160 Å². The van der Waals surface area contributed by atoms with E-state index >= 15 is 0 Å². The molecule has 3 rings (SSSR count). The van der Waals surface area contributed by atoms with E-state index in [0.717, 1.165) is 36.2 Å². The first kappa shape index (κ1) is 19.1. The molecule has 1 aliphatic rings. The molecule has 1 atom stereocenters. The summed E-state index contributed by atoms with van der Waals surface area (Å²) in [4.78, 5) is 27.5. The summed E-state index contributed by atoms with van der Waals surface area (Å²) < 4.78 is 1.75. The molecule has 2 amide bonds. The van der Waals surface area contributed by atoms with Crippen LogP contribution in [0.3, 0.4) is 0 Å². The Morgan fingerprint density at radius 2 is 1.96 bits per heavy atom. The summed E-state index contributed by atoms with van der Waals surface area (Å²) in [5, 5.41) is 7.40. The zero-order valence-electron chi connectivity index (χ0n) is 16.1. The van der Waals surface area contributed by atoms with Crippen LogP contribution < -0.4 is 5.32 Å². The lowest BCUT2D eigenvalue weighted by atomic mass is 10.00. The molecule has 27 heavy (non-hydrogen) atoms. The van der Waals surface area contributed by atoms with Gasteiger partial charge in [0, 0.05) is 18.8 Å². The molecule has 0 bridgehead atoms. The van der Waals surface area contributed by atoms with Crippen molar-refractivity contribution in [2.45, 2.75) is 52.1 Å². The van der Waals surface area contributed by atoms with Gasteiger partial charge in [0.05, 0.1) is 18.2 Å². The third kappa shape index (κ3) is 4.96. The lowest BCUT2D eigenvalue weighted by molar-refractivity contribution is -0.136. The normalized spacial score (nSPS) is 18.8. The third-order valence-corrected chi connectivity index (χ3v) is 5.05. The number of nitrogens with one attached hydrogen (secondary N) is 1. The molecule has 1 unspecified atom stereocenters. The number of aromatic nitrogens is 2. The Morgan fingerprint density at radius 1 is 1.19 bits per heavy atom. The zero-order chi connectivity index (χ0) is 19.2. The highest BCUT2D eigenvalue weighted by Gasteiger charge is 2.28. The van der Waals surface area contributed by atoms with Gasteiger partial charge in [-0.2, -0.15) is 5.10 Å². The Morgan fingerprint density at radius 3 is 2.67 bits per heavy atom. The molecule has 1 N–H and O–H groups in total. The summed E-state index contributed by atoms with van der Waals surface area (Å²) in [5.41, 5.74) is 2.87. The van der Waals surface area contributed by atoms with E-state index < -0.39 is 0 Å². The van der Waals surface area contributed by atoms with Crippen LogP contribution in [0.5, 0.6) is 0 Å². The molecule has 0 radical (unpaired) electrons. The molecule has 1 aliphatic heterocycles. The fourth-order valence-corrected chi connectivity index (χ4v) is 3.65. The predicted molar refractivity (Wildman–Crippen MR) is 104 cm³/mol.